The second-order valence-electron chi connectivity index (χ2n) is 3.31. The van der Waals surface area contributed by atoms with Crippen molar-refractivity contribution in [3.63, 3.8) is 0 Å². The van der Waals surface area contributed by atoms with Crippen LogP contribution in [0, 0.1) is 18.3 Å². The molecule has 0 atom stereocenters. The molecule has 3 nitrogen and oxygen atoms in total. The van der Waals surface area contributed by atoms with Crippen LogP contribution in [0.15, 0.2) is 24.3 Å². The highest BCUT2D eigenvalue weighted by Crippen LogP contribution is 2.19. The smallest absolute Gasteiger partial charge is 0.328 e. The zero-order valence-corrected chi connectivity index (χ0v) is 8.61. The molecule has 1 aromatic carbocycles. The van der Waals surface area contributed by atoms with Crippen molar-refractivity contribution in [1.82, 2.24) is 0 Å². The fraction of sp³-hybridized carbons (Fsp3) is 0.167. The van der Waals surface area contributed by atoms with E-state index in [0.29, 0.717) is 11.1 Å². The number of aryl methyl sites for hydroxylation is 1. The molecule has 0 aromatic heterocycles. The van der Waals surface area contributed by atoms with Gasteiger partial charge in [-0.3, -0.25) is 0 Å². The summed E-state index contributed by atoms with van der Waals surface area (Å²) < 4.78 is 0. The number of nitriles is 1. The third kappa shape index (κ3) is 2.68. The number of hydrogen-bond donors (Lipinski definition) is 1. The highest BCUT2D eigenvalue weighted by molar-refractivity contribution is 5.90. The number of rotatable bonds is 2. The SMILES string of the molecule is C/C(=C\C(=O)O)c1cc(C#N)ccc1C. The summed E-state index contributed by atoms with van der Waals surface area (Å²) in [7, 11) is 0. The largest absolute Gasteiger partial charge is 0.478 e. The van der Waals surface area contributed by atoms with E-state index in [0.717, 1.165) is 17.2 Å². The average Bonchev–Trinajstić information content (AvgIpc) is 2.17. The van der Waals surface area contributed by atoms with Crippen LogP contribution in [0.3, 0.4) is 0 Å². The van der Waals surface area contributed by atoms with Crippen LogP contribution in [0.5, 0.6) is 0 Å². The van der Waals surface area contributed by atoms with E-state index < -0.39 is 5.97 Å². The highest BCUT2D eigenvalue weighted by Gasteiger charge is 2.03. The molecule has 1 rings (SSSR count). The number of carboxylic acid groups (broad SMARTS) is 1. The number of benzene rings is 1. The molecule has 0 fully saturated rings. The first-order chi connectivity index (χ1) is 7.04. The van der Waals surface area contributed by atoms with Gasteiger partial charge >= 0.3 is 5.97 Å². The molecule has 0 saturated heterocycles. The molecule has 0 amide bonds. The minimum absolute atomic E-state index is 0.536. The van der Waals surface area contributed by atoms with E-state index in [2.05, 4.69) is 0 Å². The van der Waals surface area contributed by atoms with Gasteiger partial charge in [0.05, 0.1) is 11.6 Å². The van der Waals surface area contributed by atoms with Crippen LogP contribution in [0.1, 0.15) is 23.6 Å². The number of carboxylic acids is 1. The predicted octanol–water partition coefficient (Wildman–Crippen LogP) is 2.35. The topological polar surface area (TPSA) is 61.1 Å². The Morgan fingerprint density at radius 3 is 2.73 bits per heavy atom. The number of aliphatic carboxylic acids is 1. The standard InChI is InChI=1S/C12H11NO2/c1-8-3-4-10(7-13)6-11(8)9(2)5-12(14)15/h3-6H,1-2H3,(H,14,15)/b9-5+. The van der Waals surface area contributed by atoms with E-state index in [4.69, 9.17) is 10.4 Å². The summed E-state index contributed by atoms with van der Waals surface area (Å²) in [6, 6.07) is 7.25. The number of nitrogens with zero attached hydrogens (tertiary/aromatic N) is 1. The van der Waals surface area contributed by atoms with Crippen molar-refractivity contribution in [3.8, 4) is 6.07 Å². The van der Waals surface area contributed by atoms with E-state index >= 15 is 0 Å². The van der Waals surface area contributed by atoms with Gasteiger partial charge in [0.2, 0.25) is 0 Å². The molecule has 0 bridgehead atoms. The Kier molecular flexibility index (Phi) is 3.25. The van der Waals surface area contributed by atoms with E-state index in [1.54, 1.807) is 19.1 Å². The zero-order valence-electron chi connectivity index (χ0n) is 8.61. The maximum absolute atomic E-state index is 10.5. The fourth-order valence-corrected chi connectivity index (χ4v) is 1.38. The first kappa shape index (κ1) is 11.0. The summed E-state index contributed by atoms with van der Waals surface area (Å²) in [6.07, 6.45) is 1.14. The normalized spacial score (nSPS) is 10.9. The average molecular weight is 201 g/mol. The van der Waals surface area contributed by atoms with Gasteiger partial charge in [0.1, 0.15) is 0 Å². The Bertz CT molecular complexity index is 467. The van der Waals surface area contributed by atoms with E-state index in [1.807, 2.05) is 19.1 Å². The molecule has 15 heavy (non-hydrogen) atoms. The van der Waals surface area contributed by atoms with Gasteiger partial charge in [0.25, 0.3) is 0 Å². The van der Waals surface area contributed by atoms with Crippen molar-refractivity contribution in [2.24, 2.45) is 0 Å². The zero-order chi connectivity index (χ0) is 11.4. The molecule has 0 heterocycles. The van der Waals surface area contributed by atoms with E-state index in [9.17, 15) is 4.79 Å². The van der Waals surface area contributed by atoms with Crippen LogP contribution in [-0.4, -0.2) is 11.1 Å². The van der Waals surface area contributed by atoms with Gasteiger partial charge in [-0.15, -0.1) is 0 Å². The lowest BCUT2D eigenvalue weighted by Gasteiger charge is -2.05. The van der Waals surface area contributed by atoms with Crippen molar-refractivity contribution in [2.75, 3.05) is 0 Å². The molecule has 0 aliphatic rings. The number of allylic oxidation sites excluding steroid dienone is 1. The second kappa shape index (κ2) is 4.43. The van der Waals surface area contributed by atoms with Crippen LogP contribution in [-0.2, 0) is 4.79 Å². The molecular formula is C12H11NO2. The molecule has 1 N–H and O–H groups in total. The maximum Gasteiger partial charge on any atom is 0.328 e. The molecule has 0 spiro atoms. The summed E-state index contributed by atoms with van der Waals surface area (Å²) in [5, 5.41) is 17.4. The lowest BCUT2D eigenvalue weighted by Crippen LogP contribution is -1.93. The Labute approximate surface area is 88.3 Å². The van der Waals surface area contributed by atoms with Crippen molar-refractivity contribution >= 4 is 11.5 Å². The van der Waals surface area contributed by atoms with Gasteiger partial charge in [-0.2, -0.15) is 5.26 Å². The summed E-state index contributed by atoms with van der Waals surface area (Å²) in [4.78, 5) is 10.5. The van der Waals surface area contributed by atoms with Crippen molar-refractivity contribution < 1.29 is 9.90 Å². The molecule has 76 valence electrons. The molecule has 0 unspecified atom stereocenters. The molecule has 0 aliphatic carbocycles. The van der Waals surface area contributed by atoms with Gasteiger partial charge in [0, 0.05) is 6.08 Å². The first-order valence-electron chi connectivity index (χ1n) is 4.47. The molecule has 0 saturated carbocycles. The van der Waals surface area contributed by atoms with Crippen molar-refractivity contribution in [1.29, 1.82) is 5.26 Å². The lowest BCUT2D eigenvalue weighted by molar-refractivity contribution is -0.131. The Morgan fingerprint density at radius 2 is 2.20 bits per heavy atom. The monoisotopic (exact) mass is 201 g/mol. The van der Waals surface area contributed by atoms with Gasteiger partial charge < -0.3 is 5.11 Å². The van der Waals surface area contributed by atoms with Gasteiger partial charge in [-0.25, -0.2) is 4.79 Å². The number of hydrogen-bond acceptors (Lipinski definition) is 2. The summed E-state index contributed by atoms with van der Waals surface area (Å²) in [6.45, 7) is 3.60. The van der Waals surface area contributed by atoms with Gasteiger partial charge in [-0.05, 0) is 42.7 Å². The minimum atomic E-state index is -0.978. The van der Waals surface area contributed by atoms with Crippen LogP contribution < -0.4 is 0 Å². The maximum atomic E-state index is 10.5. The Balaban J connectivity index is 3.25. The summed E-state index contributed by atoms with van der Waals surface area (Å²) >= 11 is 0. The minimum Gasteiger partial charge on any atom is -0.478 e. The quantitative estimate of drug-likeness (QED) is 0.747. The summed E-state index contributed by atoms with van der Waals surface area (Å²) in [5.41, 5.74) is 2.95. The molecular weight excluding hydrogens is 190 g/mol. The van der Waals surface area contributed by atoms with E-state index in [1.165, 1.54) is 0 Å². The molecule has 3 heteroatoms. The fourth-order valence-electron chi connectivity index (χ4n) is 1.38. The molecule has 0 aliphatic heterocycles. The van der Waals surface area contributed by atoms with Crippen LogP contribution in [0.2, 0.25) is 0 Å². The van der Waals surface area contributed by atoms with Crippen molar-refractivity contribution in [2.45, 2.75) is 13.8 Å². The van der Waals surface area contributed by atoms with Crippen LogP contribution in [0.25, 0.3) is 5.57 Å². The third-order valence-corrected chi connectivity index (χ3v) is 2.13. The van der Waals surface area contributed by atoms with E-state index in [-0.39, 0.29) is 0 Å². The van der Waals surface area contributed by atoms with Crippen molar-refractivity contribution in [3.05, 3.63) is 41.0 Å². The Hall–Kier alpha value is -2.08. The Morgan fingerprint density at radius 1 is 1.53 bits per heavy atom. The highest BCUT2D eigenvalue weighted by atomic mass is 16.4. The first-order valence-corrected chi connectivity index (χ1v) is 4.47. The summed E-state index contributed by atoms with van der Waals surface area (Å²) in [5.74, 6) is -0.978. The molecule has 1 aromatic rings. The number of carbonyl (C=O) groups is 1. The third-order valence-electron chi connectivity index (χ3n) is 2.13. The van der Waals surface area contributed by atoms with Crippen LogP contribution >= 0.6 is 0 Å². The predicted molar refractivity (Wildman–Crippen MR) is 57.2 cm³/mol. The molecule has 0 radical (unpaired) electrons. The van der Waals surface area contributed by atoms with Gasteiger partial charge in [-0.1, -0.05) is 6.07 Å². The lowest BCUT2D eigenvalue weighted by atomic mass is 9.99. The van der Waals surface area contributed by atoms with Crippen LogP contribution in [0.4, 0.5) is 0 Å². The second-order valence-corrected chi connectivity index (χ2v) is 3.31. The van der Waals surface area contributed by atoms with Gasteiger partial charge in [0.15, 0.2) is 0 Å².